The zero-order valence-corrected chi connectivity index (χ0v) is 12.6. The third-order valence-corrected chi connectivity index (χ3v) is 2.73. The molecule has 0 saturated carbocycles. The molecule has 0 heterocycles. The molecule has 0 nitrogen and oxygen atoms in total. The summed E-state index contributed by atoms with van der Waals surface area (Å²) < 4.78 is 0. The van der Waals surface area contributed by atoms with Crippen LogP contribution in [0.3, 0.4) is 0 Å². The maximum Gasteiger partial charge on any atom is 3.00 e. The van der Waals surface area contributed by atoms with Gasteiger partial charge in [-0.3, -0.25) is 0 Å². The molecule has 0 aromatic carbocycles. The van der Waals surface area contributed by atoms with Crippen molar-refractivity contribution in [2.45, 2.75) is 41.5 Å². The summed E-state index contributed by atoms with van der Waals surface area (Å²) in [6, 6.07) is 0. The zero-order valence-electron chi connectivity index (χ0n) is 9.73. The van der Waals surface area contributed by atoms with E-state index in [2.05, 4.69) is 48.0 Å². The van der Waals surface area contributed by atoms with Crippen LogP contribution in [0.15, 0.2) is 0 Å². The first-order valence-electron chi connectivity index (χ1n) is 4.02. The minimum Gasteiger partial charge on any atom is -0.358 e. The molecular formula is C11H23Y. The van der Waals surface area contributed by atoms with E-state index >= 15 is 0 Å². The Morgan fingerprint density at radius 3 is 1.67 bits per heavy atom. The van der Waals surface area contributed by atoms with E-state index in [1.54, 1.807) is 0 Å². The van der Waals surface area contributed by atoms with E-state index in [-0.39, 0.29) is 40.1 Å². The summed E-state index contributed by atoms with van der Waals surface area (Å²) in [6.07, 6.45) is 2.28. The van der Waals surface area contributed by atoms with Crippen molar-refractivity contribution in [3.63, 3.8) is 0 Å². The van der Waals surface area contributed by atoms with E-state index in [1.807, 2.05) is 0 Å². The summed E-state index contributed by atoms with van der Waals surface area (Å²) in [5, 5.41) is 0. The summed E-state index contributed by atoms with van der Waals surface area (Å²) in [7, 11) is 0. The van der Waals surface area contributed by atoms with Crippen LogP contribution in [-0.4, -0.2) is 0 Å². The maximum absolute atomic E-state index is 2.29. The molecule has 0 fully saturated rings. The van der Waals surface area contributed by atoms with Crippen molar-refractivity contribution in [2.24, 2.45) is 11.3 Å². The van der Waals surface area contributed by atoms with Gasteiger partial charge in [-0.25, -0.2) is 0 Å². The number of rotatable bonds is 3. The van der Waals surface area contributed by atoms with Gasteiger partial charge in [0.05, 0.1) is 0 Å². The van der Waals surface area contributed by atoms with E-state index in [1.165, 1.54) is 5.92 Å². The van der Waals surface area contributed by atoms with Gasteiger partial charge in [-0.05, 0) is 0 Å². The Kier molecular flexibility index (Phi) is 11.8. The summed E-state index contributed by atoms with van der Waals surface area (Å²) >= 11 is 0. The smallest absolute Gasteiger partial charge is 0.358 e. The Balaban J connectivity index is -0.000000405. The van der Waals surface area contributed by atoms with Gasteiger partial charge in [0, 0.05) is 0 Å². The molecular weight excluding hydrogens is 221 g/mol. The SMILES string of the molecule is C[CH-]C(C)(C)C(C)[C-](C)C.[CH3-].[Y+3]. The summed E-state index contributed by atoms with van der Waals surface area (Å²) in [5.41, 5.74) is 0.360. The van der Waals surface area contributed by atoms with Crippen molar-refractivity contribution in [2.75, 3.05) is 0 Å². The molecule has 70 valence electrons. The minimum absolute atomic E-state index is 0. The van der Waals surface area contributed by atoms with Gasteiger partial charge >= 0.3 is 32.7 Å². The first kappa shape index (κ1) is 18.8. The van der Waals surface area contributed by atoms with Crippen molar-refractivity contribution in [1.29, 1.82) is 0 Å². The van der Waals surface area contributed by atoms with Gasteiger partial charge < -0.3 is 19.8 Å². The average molecular weight is 244 g/mol. The summed E-state index contributed by atoms with van der Waals surface area (Å²) in [6.45, 7) is 13.4. The molecule has 0 aromatic rings. The first-order chi connectivity index (χ1) is 4.41. The predicted octanol–water partition coefficient (Wildman–Crippen LogP) is 3.93. The summed E-state index contributed by atoms with van der Waals surface area (Å²) in [5.74, 6) is 2.21. The molecule has 1 atom stereocenters. The molecule has 1 unspecified atom stereocenters. The fourth-order valence-corrected chi connectivity index (χ4v) is 0.994. The standard InChI is InChI=1S/C10H20.CH3.Y/c1-7-10(5,6)9(4)8(2)3;;/h7,9H,1-6H3;1H3;/q-2;-1;+3. The molecule has 0 aromatic heterocycles. The molecule has 0 N–H and O–H groups in total. The van der Waals surface area contributed by atoms with Crippen LogP contribution < -0.4 is 0 Å². The van der Waals surface area contributed by atoms with Gasteiger partial charge in [-0.2, -0.15) is 32.1 Å². The van der Waals surface area contributed by atoms with Crippen molar-refractivity contribution in [1.82, 2.24) is 0 Å². The maximum atomic E-state index is 2.29. The van der Waals surface area contributed by atoms with Crippen molar-refractivity contribution < 1.29 is 32.7 Å². The molecule has 1 heteroatoms. The second-order valence-electron chi connectivity index (χ2n) is 3.91. The van der Waals surface area contributed by atoms with Crippen LogP contribution in [0.2, 0.25) is 0 Å². The van der Waals surface area contributed by atoms with Gasteiger partial charge in [0.25, 0.3) is 0 Å². The fraction of sp³-hybridized carbons (Fsp3) is 0.727. The normalized spacial score (nSPS) is 13.2. The predicted molar refractivity (Wildman–Crippen MR) is 53.9 cm³/mol. The molecule has 0 aliphatic heterocycles. The van der Waals surface area contributed by atoms with Crippen LogP contribution in [0.1, 0.15) is 41.5 Å². The fourth-order valence-electron chi connectivity index (χ4n) is 0.994. The second-order valence-corrected chi connectivity index (χ2v) is 3.91. The minimum atomic E-state index is 0. The topological polar surface area (TPSA) is 0 Å². The monoisotopic (exact) mass is 244 g/mol. The van der Waals surface area contributed by atoms with E-state index in [9.17, 15) is 0 Å². The largest absolute Gasteiger partial charge is 3.00 e. The van der Waals surface area contributed by atoms with Gasteiger partial charge in [-0.15, -0.1) is 0 Å². The average Bonchev–Trinajstić information content (AvgIpc) is 1.86. The second kappa shape index (κ2) is 7.50. The Hall–Kier alpha value is 1.10. The Bertz CT molecular complexity index is 95.2. The molecule has 12 heavy (non-hydrogen) atoms. The Morgan fingerprint density at radius 2 is 1.58 bits per heavy atom. The molecule has 0 amide bonds. The molecule has 0 saturated heterocycles. The van der Waals surface area contributed by atoms with Crippen molar-refractivity contribution in [3.8, 4) is 0 Å². The van der Waals surface area contributed by atoms with E-state index < -0.39 is 0 Å². The van der Waals surface area contributed by atoms with E-state index in [0.29, 0.717) is 11.3 Å². The van der Waals surface area contributed by atoms with Crippen molar-refractivity contribution >= 4 is 0 Å². The third-order valence-electron chi connectivity index (χ3n) is 2.73. The molecule has 0 aliphatic rings. The first-order valence-corrected chi connectivity index (χ1v) is 4.02. The van der Waals surface area contributed by atoms with Gasteiger partial charge in [0.1, 0.15) is 0 Å². The quantitative estimate of drug-likeness (QED) is 0.660. The molecule has 0 bridgehead atoms. The zero-order chi connectivity index (χ0) is 8.36. The van der Waals surface area contributed by atoms with Crippen LogP contribution in [0.25, 0.3) is 0 Å². The van der Waals surface area contributed by atoms with Crippen LogP contribution in [0.5, 0.6) is 0 Å². The molecule has 0 spiro atoms. The van der Waals surface area contributed by atoms with Gasteiger partial charge in [0.2, 0.25) is 0 Å². The van der Waals surface area contributed by atoms with Crippen LogP contribution >= 0.6 is 0 Å². The third kappa shape index (κ3) is 5.70. The van der Waals surface area contributed by atoms with Crippen LogP contribution in [-0.2, 0) is 32.7 Å². The molecule has 0 rings (SSSR count). The van der Waals surface area contributed by atoms with E-state index in [4.69, 9.17) is 0 Å². The summed E-state index contributed by atoms with van der Waals surface area (Å²) in [4.78, 5) is 0. The van der Waals surface area contributed by atoms with Crippen molar-refractivity contribution in [3.05, 3.63) is 19.8 Å². The van der Waals surface area contributed by atoms with Gasteiger partial charge in [0.15, 0.2) is 0 Å². The van der Waals surface area contributed by atoms with Gasteiger partial charge in [-0.1, -0.05) is 20.8 Å². The number of hydrogen-bond donors (Lipinski definition) is 0. The Labute approximate surface area is 105 Å². The molecule has 0 radical (unpaired) electrons. The van der Waals surface area contributed by atoms with Crippen LogP contribution in [0.4, 0.5) is 0 Å². The van der Waals surface area contributed by atoms with E-state index in [0.717, 1.165) is 0 Å². The van der Waals surface area contributed by atoms with Crippen LogP contribution in [0, 0.1) is 31.1 Å². The molecule has 0 aliphatic carbocycles. The Morgan fingerprint density at radius 1 is 1.25 bits per heavy atom. The number of hydrogen-bond acceptors (Lipinski definition) is 0.